The number of para-hydroxylation sites is 2. The lowest BCUT2D eigenvalue weighted by molar-refractivity contribution is 0.0697. The van der Waals surface area contributed by atoms with E-state index in [1.54, 1.807) is 24.3 Å². The predicted molar refractivity (Wildman–Crippen MR) is 105 cm³/mol. The molecule has 3 N–H and O–H groups in total. The minimum absolute atomic E-state index is 0.0923. The second kappa shape index (κ2) is 7.72. The number of benzene rings is 2. The standard InChI is InChI=1S/C21H22N4O3/c26-20(27)16-7-5-14(6-8-16)13-22-21(28)25-11-9-15(10-12-25)19-23-17-3-1-2-4-18(17)24-19/h1-8,15H,9-13H2,(H,22,28)(H,23,24)(H,26,27). The third-order valence-corrected chi connectivity index (χ3v) is 5.22. The quantitative estimate of drug-likeness (QED) is 0.648. The highest BCUT2D eigenvalue weighted by atomic mass is 16.4. The Labute approximate surface area is 162 Å². The van der Waals surface area contributed by atoms with Gasteiger partial charge in [0.15, 0.2) is 0 Å². The van der Waals surface area contributed by atoms with Gasteiger partial charge in [0.2, 0.25) is 0 Å². The fourth-order valence-electron chi connectivity index (χ4n) is 3.58. The summed E-state index contributed by atoms with van der Waals surface area (Å²) in [6, 6.07) is 14.4. The number of aromatic carboxylic acids is 1. The van der Waals surface area contributed by atoms with Crippen LogP contribution in [0.2, 0.25) is 0 Å². The molecule has 1 aliphatic heterocycles. The molecule has 2 amide bonds. The van der Waals surface area contributed by atoms with Gasteiger partial charge in [-0.2, -0.15) is 0 Å². The van der Waals surface area contributed by atoms with E-state index in [-0.39, 0.29) is 11.6 Å². The van der Waals surface area contributed by atoms with Gasteiger partial charge in [0.25, 0.3) is 0 Å². The summed E-state index contributed by atoms with van der Waals surface area (Å²) in [6.45, 7) is 1.75. The summed E-state index contributed by atoms with van der Waals surface area (Å²) in [6.07, 6.45) is 1.75. The number of fused-ring (bicyclic) bond motifs is 1. The highest BCUT2D eigenvalue weighted by molar-refractivity contribution is 5.87. The fourth-order valence-corrected chi connectivity index (χ4v) is 3.58. The van der Waals surface area contributed by atoms with E-state index in [2.05, 4.69) is 15.3 Å². The molecule has 2 aromatic carbocycles. The van der Waals surface area contributed by atoms with Crippen molar-refractivity contribution in [2.24, 2.45) is 0 Å². The van der Waals surface area contributed by atoms with Gasteiger partial charge < -0.3 is 20.3 Å². The number of carbonyl (C=O) groups excluding carboxylic acids is 1. The van der Waals surface area contributed by atoms with Crippen molar-refractivity contribution in [2.45, 2.75) is 25.3 Å². The van der Waals surface area contributed by atoms with Crippen molar-refractivity contribution >= 4 is 23.0 Å². The molecule has 4 rings (SSSR count). The lowest BCUT2D eigenvalue weighted by atomic mass is 9.96. The monoisotopic (exact) mass is 378 g/mol. The Bertz CT molecular complexity index is 955. The molecule has 0 atom stereocenters. The second-order valence-corrected chi connectivity index (χ2v) is 7.06. The molecule has 0 unspecified atom stereocenters. The number of nitrogens with zero attached hydrogens (tertiary/aromatic N) is 2. The first kappa shape index (κ1) is 18.0. The van der Waals surface area contributed by atoms with Crippen LogP contribution in [-0.2, 0) is 6.54 Å². The molecule has 1 saturated heterocycles. The van der Waals surface area contributed by atoms with E-state index >= 15 is 0 Å². The van der Waals surface area contributed by atoms with Crippen LogP contribution in [0.4, 0.5) is 4.79 Å². The molecule has 2 heterocycles. The van der Waals surface area contributed by atoms with E-state index in [0.29, 0.717) is 25.6 Å². The fraction of sp³-hybridized carbons (Fsp3) is 0.286. The van der Waals surface area contributed by atoms with Gasteiger partial charge in [0, 0.05) is 25.6 Å². The number of imidazole rings is 1. The molecule has 0 saturated carbocycles. The first-order valence-corrected chi connectivity index (χ1v) is 9.40. The van der Waals surface area contributed by atoms with Crippen LogP contribution in [0.5, 0.6) is 0 Å². The highest BCUT2D eigenvalue weighted by Gasteiger charge is 2.25. The van der Waals surface area contributed by atoms with Crippen LogP contribution in [0.25, 0.3) is 11.0 Å². The van der Waals surface area contributed by atoms with Crippen molar-refractivity contribution in [3.63, 3.8) is 0 Å². The number of aromatic nitrogens is 2. The molecule has 0 aliphatic carbocycles. The van der Waals surface area contributed by atoms with Gasteiger partial charge in [0.05, 0.1) is 16.6 Å². The number of H-pyrrole nitrogens is 1. The van der Waals surface area contributed by atoms with Crippen molar-refractivity contribution in [3.8, 4) is 0 Å². The third kappa shape index (κ3) is 3.83. The van der Waals surface area contributed by atoms with E-state index in [1.165, 1.54) is 0 Å². The Kier molecular flexibility index (Phi) is 4.97. The maximum atomic E-state index is 12.4. The van der Waals surface area contributed by atoms with Crippen LogP contribution in [0.1, 0.15) is 40.5 Å². The maximum absolute atomic E-state index is 12.4. The number of carbonyl (C=O) groups is 2. The summed E-state index contributed by atoms with van der Waals surface area (Å²) in [5, 5.41) is 11.8. The molecular weight excluding hydrogens is 356 g/mol. The molecule has 1 fully saturated rings. The molecule has 28 heavy (non-hydrogen) atoms. The van der Waals surface area contributed by atoms with Crippen LogP contribution in [0, 0.1) is 0 Å². The van der Waals surface area contributed by atoms with Gasteiger partial charge in [-0.05, 0) is 42.7 Å². The molecule has 1 aromatic heterocycles. The highest BCUT2D eigenvalue weighted by Crippen LogP contribution is 2.27. The van der Waals surface area contributed by atoms with Gasteiger partial charge in [-0.3, -0.25) is 0 Å². The summed E-state index contributed by atoms with van der Waals surface area (Å²) < 4.78 is 0. The number of piperidine rings is 1. The zero-order chi connectivity index (χ0) is 19.5. The van der Waals surface area contributed by atoms with E-state index in [0.717, 1.165) is 35.3 Å². The number of carboxylic acid groups (broad SMARTS) is 1. The van der Waals surface area contributed by atoms with Crippen LogP contribution >= 0.6 is 0 Å². The number of nitrogens with one attached hydrogen (secondary N) is 2. The Morgan fingerprint density at radius 2 is 1.82 bits per heavy atom. The maximum Gasteiger partial charge on any atom is 0.335 e. The van der Waals surface area contributed by atoms with E-state index in [1.807, 2.05) is 29.2 Å². The first-order chi connectivity index (χ1) is 13.6. The number of hydrogen-bond acceptors (Lipinski definition) is 3. The molecular formula is C21H22N4O3. The van der Waals surface area contributed by atoms with E-state index < -0.39 is 5.97 Å². The Hall–Kier alpha value is -3.35. The lowest BCUT2D eigenvalue weighted by Crippen LogP contribution is -2.43. The molecule has 0 spiro atoms. The summed E-state index contributed by atoms with van der Waals surface area (Å²) in [5.41, 5.74) is 3.14. The number of urea groups is 1. The predicted octanol–water partition coefficient (Wildman–Crippen LogP) is 3.35. The summed E-state index contributed by atoms with van der Waals surface area (Å²) in [7, 11) is 0. The van der Waals surface area contributed by atoms with Gasteiger partial charge >= 0.3 is 12.0 Å². The van der Waals surface area contributed by atoms with Crippen LogP contribution < -0.4 is 5.32 Å². The molecule has 1 aliphatic rings. The minimum Gasteiger partial charge on any atom is -0.478 e. The average Bonchev–Trinajstić information content (AvgIpc) is 3.16. The minimum atomic E-state index is -0.956. The summed E-state index contributed by atoms with van der Waals surface area (Å²) >= 11 is 0. The Balaban J connectivity index is 1.29. The molecule has 0 bridgehead atoms. The van der Waals surface area contributed by atoms with Crippen LogP contribution in [0.15, 0.2) is 48.5 Å². The van der Waals surface area contributed by atoms with Gasteiger partial charge in [0.1, 0.15) is 5.82 Å². The van der Waals surface area contributed by atoms with Crippen LogP contribution in [0.3, 0.4) is 0 Å². The normalized spacial score (nSPS) is 14.9. The third-order valence-electron chi connectivity index (χ3n) is 5.22. The molecule has 144 valence electrons. The first-order valence-electron chi connectivity index (χ1n) is 9.40. The molecule has 7 nitrogen and oxygen atoms in total. The number of hydrogen-bond donors (Lipinski definition) is 3. The van der Waals surface area contributed by atoms with Gasteiger partial charge in [-0.1, -0.05) is 24.3 Å². The molecule has 0 radical (unpaired) electrons. The molecule has 3 aromatic rings. The van der Waals surface area contributed by atoms with Crippen molar-refractivity contribution in [2.75, 3.05) is 13.1 Å². The van der Waals surface area contributed by atoms with E-state index in [9.17, 15) is 9.59 Å². The Morgan fingerprint density at radius 1 is 1.11 bits per heavy atom. The van der Waals surface area contributed by atoms with Crippen molar-refractivity contribution < 1.29 is 14.7 Å². The molecule has 7 heteroatoms. The zero-order valence-electron chi connectivity index (χ0n) is 15.4. The summed E-state index contributed by atoms with van der Waals surface area (Å²) in [4.78, 5) is 33.2. The van der Waals surface area contributed by atoms with Crippen molar-refractivity contribution in [3.05, 3.63) is 65.5 Å². The lowest BCUT2D eigenvalue weighted by Gasteiger charge is -2.31. The topological polar surface area (TPSA) is 98.3 Å². The number of likely N-dealkylation sites (tertiary alicyclic amines) is 1. The number of rotatable bonds is 4. The summed E-state index contributed by atoms with van der Waals surface area (Å²) in [5.74, 6) is 0.378. The zero-order valence-corrected chi connectivity index (χ0v) is 15.4. The largest absolute Gasteiger partial charge is 0.478 e. The van der Waals surface area contributed by atoms with E-state index in [4.69, 9.17) is 5.11 Å². The Morgan fingerprint density at radius 3 is 2.50 bits per heavy atom. The van der Waals surface area contributed by atoms with Crippen molar-refractivity contribution in [1.29, 1.82) is 0 Å². The number of amides is 2. The van der Waals surface area contributed by atoms with Gasteiger partial charge in [-0.15, -0.1) is 0 Å². The van der Waals surface area contributed by atoms with Crippen LogP contribution in [-0.4, -0.2) is 45.1 Å². The second-order valence-electron chi connectivity index (χ2n) is 7.06. The SMILES string of the molecule is O=C(O)c1ccc(CNC(=O)N2CCC(c3nc4ccccc4[nH]3)CC2)cc1. The van der Waals surface area contributed by atoms with Crippen molar-refractivity contribution in [1.82, 2.24) is 20.2 Å². The number of aromatic amines is 1. The average molecular weight is 378 g/mol. The number of carboxylic acids is 1. The smallest absolute Gasteiger partial charge is 0.335 e. The van der Waals surface area contributed by atoms with Gasteiger partial charge in [-0.25, -0.2) is 14.6 Å².